The Kier molecular flexibility index (Phi) is 22.7. The number of hydrogen-bond donors (Lipinski definition) is 8. The number of hydrogen-bond acceptors (Lipinski definition) is 7. The van der Waals surface area contributed by atoms with Gasteiger partial charge in [0.15, 0.2) is 29.7 Å². The van der Waals surface area contributed by atoms with Crippen LogP contribution in [0.2, 0.25) is 0 Å². The second-order valence-electron chi connectivity index (χ2n) is 8.73. The minimum absolute atomic E-state index is 0.0286. The number of unbranched alkanes of at least 4 members (excludes halogenated alkanes) is 9. The molecule has 0 atom stereocenters. The number of rotatable bonds is 20. The minimum atomic E-state index is 0.0286. The topological polar surface area (TPSA) is 266 Å². The maximum atomic E-state index is 8.52. The van der Waals surface area contributed by atoms with Crippen LogP contribution in [0.15, 0.2) is 25.0 Å². The molecule has 14 heteroatoms. The first-order chi connectivity index (χ1) is 18.4. The lowest BCUT2D eigenvalue weighted by Crippen LogP contribution is -2.41. The van der Waals surface area contributed by atoms with Crippen LogP contribution in [0.5, 0.6) is 0 Å². The first kappa shape index (κ1) is 34.4. The van der Waals surface area contributed by atoms with E-state index in [1.165, 1.54) is 0 Å². The summed E-state index contributed by atoms with van der Waals surface area (Å²) < 4.78 is 0. The van der Waals surface area contributed by atoms with Gasteiger partial charge < -0.3 is 34.4 Å². The molecule has 0 aliphatic heterocycles. The normalized spacial score (nSPS) is 13.4. The van der Waals surface area contributed by atoms with Crippen LogP contribution in [0.1, 0.15) is 77.0 Å². The molecule has 0 aromatic rings. The van der Waals surface area contributed by atoms with Crippen LogP contribution >= 0.6 is 0 Å². The molecular weight excluding hydrogens is 484 g/mol. The Balaban J connectivity index is 3.81. The van der Waals surface area contributed by atoms with Gasteiger partial charge in [0.2, 0.25) is 0 Å². The van der Waals surface area contributed by atoms with Crippen LogP contribution in [0.25, 0.3) is 0 Å². The highest BCUT2D eigenvalue weighted by Crippen LogP contribution is 2.01. The Morgan fingerprint density at radius 2 is 0.763 bits per heavy atom. The summed E-state index contributed by atoms with van der Waals surface area (Å²) in [6.07, 6.45) is 11.8. The first-order valence-corrected chi connectivity index (χ1v) is 13.5. The molecule has 0 unspecified atom stereocenters. The molecule has 0 aliphatic carbocycles. The zero-order valence-corrected chi connectivity index (χ0v) is 22.9. The lowest BCUT2D eigenvalue weighted by Gasteiger charge is -2.06. The van der Waals surface area contributed by atoms with Gasteiger partial charge in [-0.3, -0.25) is 35.6 Å². The van der Waals surface area contributed by atoms with Crippen molar-refractivity contribution in [3.63, 3.8) is 0 Å². The van der Waals surface area contributed by atoms with Gasteiger partial charge in [0.05, 0.1) is 0 Å². The summed E-state index contributed by atoms with van der Waals surface area (Å²) in [6.45, 7) is 3.80. The summed E-state index contributed by atoms with van der Waals surface area (Å²) in [5, 5.41) is 14.1. The lowest BCUT2D eigenvalue weighted by atomic mass is 10.2. The largest absolute Gasteiger partial charge is 0.375 e. The monoisotopic (exact) mass is 534 g/mol. The van der Waals surface area contributed by atoms with Crippen molar-refractivity contribution < 1.29 is 0 Å². The lowest BCUT2D eigenvalue weighted by molar-refractivity contribution is 0.651. The average Bonchev–Trinajstić information content (AvgIpc) is 2.88. The van der Waals surface area contributed by atoms with Crippen molar-refractivity contribution in [2.24, 2.45) is 59.4 Å². The number of nitriles is 1. The van der Waals surface area contributed by atoms with E-state index in [0.29, 0.717) is 38.7 Å². The summed E-state index contributed by atoms with van der Waals surface area (Å²) in [4.78, 5) is 21.0. The molecule has 38 heavy (non-hydrogen) atoms. The Morgan fingerprint density at radius 3 is 1.05 bits per heavy atom. The van der Waals surface area contributed by atoms with Crippen LogP contribution in [0, 0.1) is 11.3 Å². The van der Waals surface area contributed by atoms with Crippen LogP contribution in [0.3, 0.4) is 0 Å². The van der Waals surface area contributed by atoms with E-state index in [2.05, 4.69) is 35.6 Å². The highest BCUT2D eigenvalue weighted by Gasteiger charge is 1.98. The van der Waals surface area contributed by atoms with Crippen molar-refractivity contribution in [1.29, 1.82) is 5.26 Å². The SMILES string of the molecule is N#CC(N)=NCCCCCCN=C(N)NC(N)=NCCCCCCN=C(N)NC(N)=NCCCCCCN. The van der Waals surface area contributed by atoms with Crippen molar-refractivity contribution in [2.45, 2.75) is 77.0 Å². The first-order valence-electron chi connectivity index (χ1n) is 13.5. The highest BCUT2D eigenvalue weighted by atomic mass is 15.2. The molecule has 0 fully saturated rings. The summed E-state index contributed by atoms with van der Waals surface area (Å²) >= 11 is 0. The fourth-order valence-electron chi connectivity index (χ4n) is 3.22. The van der Waals surface area contributed by atoms with Gasteiger partial charge in [-0.15, -0.1) is 0 Å². The van der Waals surface area contributed by atoms with E-state index in [9.17, 15) is 0 Å². The molecule has 0 saturated heterocycles. The fraction of sp³-hybridized carbons (Fsp3) is 0.750. The van der Waals surface area contributed by atoms with Crippen molar-refractivity contribution in [1.82, 2.24) is 10.6 Å². The smallest absolute Gasteiger partial charge is 0.198 e. The zero-order chi connectivity index (χ0) is 28.3. The molecule has 0 spiro atoms. The van der Waals surface area contributed by atoms with Crippen molar-refractivity contribution >= 4 is 29.7 Å². The molecule has 0 amide bonds. The molecule has 0 radical (unpaired) electrons. The Hall–Kier alpha value is -3.60. The van der Waals surface area contributed by atoms with E-state index >= 15 is 0 Å². The van der Waals surface area contributed by atoms with Gasteiger partial charge in [-0.25, -0.2) is 0 Å². The van der Waals surface area contributed by atoms with Gasteiger partial charge in [-0.1, -0.05) is 38.5 Å². The maximum Gasteiger partial charge on any atom is 0.198 e. The summed E-state index contributed by atoms with van der Waals surface area (Å²) in [6, 6.07) is 1.80. The fourth-order valence-corrected chi connectivity index (χ4v) is 3.22. The van der Waals surface area contributed by atoms with Crippen LogP contribution in [-0.2, 0) is 0 Å². The Labute approximate surface area is 227 Å². The van der Waals surface area contributed by atoms with Gasteiger partial charge in [0.1, 0.15) is 6.07 Å². The molecule has 0 aromatic heterocycles. The van der Waals surface area contributed by atoms with Crippen molar-refractivity contribution in [2.75, 3.05) is 39.3 Å². The summed E-state index contributed by atoms with van der Waals surface area (Å²) in [5.41, 5.74) is 34.2. The zero-order valence-electron chi connectivity index (χ0n) is 22.9. The number of aliphatic imine (C=N–C) groups is 5. The van der Waals surface area contributed by atoms with E-state index < -0.39 is 0 Å². The molecule has 0 heterocycles. The van der Waals surface area contributed by atoms with Gasteiger partial charge in [0, 0.05) is 32.7 Å². The van der Waals surface area contributed by atoms with Crippen molar-refractivity contribution in [3.8, 4) is 6.07 Å². The van der Waals surface area contributed by atoms with E-state index in [1.54, 1.807) is 6.07 Å². The molecule has 0 aromatic carbocycles. The number of nitrogens with one attached hydrogen (secondary N) is 2. The third-order valence-electron chi connectivity index (χ3n) is 5.28. The number of nitrogens with two attached hydrogens (primary N) is 6. The Morgan fingerprint density at radius 1 is 0.474 bits per heavy atom. The predicted octanol–water partition coefficient (Wildman–Crippen LogP) is -0.0549. The third-order valence-corrected chi connectivity index (χ3v) is 5.28. The molecule has 0 bridgehead atoms. The number of guanidine groups is 4. The number of nitrogens with zero attached hydrogens (tertiary/aromatic N) is 6. The molecular formula is C24H50N14. The third kappa shape index (κ3) is 24.1. The van der Waals surface area contributed by atoms with E-state index in [-0.39, 0.29) is 23.7 Å². The van der Waals surface area contributed by atoms with Gasteiger partial charge in [0.25, 0.3) is 0 Å². The molecule has 14 N–H and O–H groups in total. The highest BCUT2D eigenvalue weighted by molar-refractivity contribution is 5.97. The second-order valence-corrected chi connectivity index (χ2v) is 8.73. The van der Waals surface area contributed by atoms with Gasteiger partial charge in [-0.05, 0) is 45.1 Å². The van der Waals surface area contributed by atoms with E-state index in [1.807, 2.05) is 0 Å². The summed E-state index contributed by atoms with van der Waals surface area (Å²) in [7, 11) is 0. The second kappa shape index (κ2) is 25.1. The summed E-state index contributed by atoms with van der Waals surface area (Å²) in [5.74, 6) is 1.12. The van der Waals surface area contributed by atoms with Crippen molar-refractivity contribution in [3.05, 3.63) is 0 Å². The van der Waals surface area contributed by atoms with Crippen LogP contribution in [-0.4, -0.2) is 68.9 Å². The predicted molar refractivity (Wildman–Crippen MR) is 159 cm³/mol. The minimum Gasteiger partial charge on any atom is -0.375 e. The van der Waals surface area contributed by atoms with E-state index in [0.717, 1.165) is 83.6 Å². The average molecular weight is 535 g/mol. The van der Waals surface area contributed by atoms with E-state index in [4.69, 9.17) is 39.7 Å². The van der Waals surface area contributed by atoms with Gasteiger partial charge in [-0.2, -0.15) is 5.26 Å². The Bertz CT molecular complexity index is 794. The van der Waals surface area contributed by atoms with Crippen LogP contribution in [0.4, 0.5) is 0 Å². The quantitative estimate of drug-likeness (QED) is 0.0589. The molecule has 0 saturated carbocycles. The van der Waals surface area contributed by atoms with Gasteiger partial charge >= 0.3 is 0 Å². The molecule has 0 aliphatic rings. The maximum absolute atomic E-state index is 8.52. The molecule has 14 nitrogen and oxygen atoms in total. The molecule has 0 rings (SSSR count). The number of amidine groups is 1. The van der Waals surface area contributed by atoms with Crippen LogP contribution < -0.4 is 45.0 Å². The molecule has 216 valence electrons. The standard InChI is InChI=1S/C24H50N14/c25-13-7-1-2-9-15-33-21(28)37-23(30)35-17-11-5-6-12-18-36-24(31)38-22(29)34-16-10-4-3-8-14-32-20(27)19-26/h1-18,25H2,(H2,27,32)(H5,28,30,33,35,37)(H5,29,31,34,36,38).